The number of hydrogen-bond acceptors (Lipinski definition) is 9. The van der Waals surface area contributed by atoms with Crippen molar-refractivity contribution in [1.29, 1.82) is 0 Å². The summed E-state index contributed by atoms with van der Waals surface area (Å²) in [6.07, 6.45) is 3.39. The number of ether oxygens (including phenoxy) is 1. The van der Waals surface area contributed by atoms with Gasteiger partial charge in [0.05, 0.1) is 17.9 Å². The topological polar surface area (TPSA) is 139 Å². The monoisotopic (exact) mass is 732 g/mol. The molecule has 0 aliphatic rings. The van der Waals surface area contributed by atoms with Gasteiger partial charge in [0.1, 0.15) is 34.2 Å². The van der Waals surface area contributed by atoms with Crippen molar-refractivity contribution in [3.63, 3.8) is 0 Å². The molecule has 4 aromatic rings. The number of methoxy groups -OCH3 is 1. The number of alkyl halides is 1. The van der Waals surface area contributed by atoms with Crippen LogP contribution in [-0.4, -0.2) is 23.6 Å². The van der Waals surface area contributed by atoms with Gasteiger partial charge in [-0.05, 0) is 54.9 Å². The largest absolute Gasteiger partial charge is 1.00 e. The number of carbonyl (C=O) groups is 1. The van der Waals surface area contributed by atoms with Crippen LogP contribution in [0.4, 0.5) is 0 Å². The molecule has 0 radical (unpaired) electrons. The molecule has 41 heavy (non-hydrogen) atoms. The molecular formula is C29H35IK2O9. The molecule has 214 valence electrons. The van der Waals surface area contributed by atoms with Crippen molar-refractivity contribution in [2.45, 2.75) is 53.4 Å². The van der Waals surface area contributed by atoms with E-state index in [9.17, 15) is 14.7 Å². The number of phenols is 1. The van der Waals surface area contributed by atoms with Gasteiger partial charge in [0, 0.05) is 37.1 Å². The normalized spacial score (nSPS) is 9.37. The number of hydrogen-bond donors (Lipinski definition) is 1. The van der Waals surface area contributed by atoms with Crippen molar-refractivity contribution in [2.24, 2.45) is 0 Å². The average Bonchev–Trinajstić information content (AvgIpc) is 2.89. The molecule has 0 bridgehead atoms. The van der Waals surface area contributed by atoms with Gasteiger partial charge in [-0.1, -0.05) is 36.4 Å². The number of halogens is 1. The van der Waals surface area contributed by atoms with Gasteiger partial charge in [-0.3, -0.25) is 14.4 Å². The van der Waals surface area contributed by atoms with E-state index in [1.165, 1.54) is 12.1 Å². The Morgan fingerprint density at radius 2 is 1.27 bits per heavy atom. The number of carbonyl (C=O) groups excluding carboxylic acids is 1. The zero-order valence-corrected chi connectivity index (χ0v) is 33.4. The van der Waals surface area contributed by atoms with Gasteiger partial charge in [-0.15, -0.1) is 0 Å². The van der Waals surface area contributed by atoms with Crippen molar-refractivity contribution >= 4 is 51.0 Å². The maximum absolute atomic E-state index is 12.0. The van der Waals surface area contributed by atoms with Crippen LogP contribution >= 0.6 is 22.6 Å². The van der Waals surface area contributed by atoms with E-state index in [0.717, 1.165) is 42.6 Å². The molecule has 0 unspecified atom stereocenters. The van der Waals surface area contributed by atoms with E-state index < -0.39 is 0 Å². The molecule has 0 fully saturated rings. The maximum atomic E-state index is 12.0. The van der Waals surface area contributed by atoms with E-state index in [2.05, 4.69) is 34.4 Å². The van der Waals surface area contributed by atoms with Gasteiger partial charge in [0.15, 0.2) is 10.9 Å². The molecule has 2 aromatic heterocycles. The Balaban J connectivity index is -0.000000576. The molecule has 0 spiro atoms. The standard InChI is InChI=1S/C14H16O3.C13H14O3.CH3I.CH2O3.2K.H/c1-4-5-10-7-12(15)14-9(2)6-11(16-3)8-13(14)17-10;1-3-4-10-7-11(15)13-8(2)5-9(14)6-12(13)16-10;1-2;2-1-4-3;;;/h6-8H,4-5H2,1-3H3;5-7,14H,3-4H2,1-2H3;1H3;1,3H;;;/q;;;;2*+1;-1/p-1. The molecule has 0 saturated heterocycles. The van der Waals surface area contributed by atoms with Crippen LogP contribution in [0.2, 0.25) is 0 Å². The van der Waals surface area contributed by atoms with Gasteiger partial charge < -0.3 is 30.2 Å². The van der Waals surface area contributed by atoms with Crippen molar-refractivity contribution < 1.29 is 138 Å². The molecule has 12 heteroatoms. The smallest absolute Gasteiger partial charge is 1.00 e. The summed E-state index contributed by atoms with van der Waals surface area (Å²) < 4.78 is 16.5. The quantitative estimate of drug-likeness (QED) is 0.0690. The summed E-state index contributed by atoms with van der Waals surface area (Å²) in [5.41, 5.74) is 2.69. The number of phenolic OH excluding ortho intramolecular Hbond substituents is 1. The fourth-order valence-corrected chi connectivity index (χ4v) is 3.89. The van der Waals surface area contributed by atoms with Crippen LogP contribution in [0.1, 0.15) is 50.8 Å². The third-order valence-electron chi connectivity index (χ3n) is 5.38. The molecule has 2 heterocycles. The number of benzene rings is 2. The van der Waals surface area contributed by atoms with Crippen LogP contribution in [0.25, 0.3) is 21.9 Å². The van der Waals surface area contributed by atoms with E-state index in [1.54, 1.807) is 32.2 Å². The third-order valence-corrected chi connectivity index (χ3v) is 5.38. The van der Waals surface area contributed by atoms with Crippen LogP contribution in [0.5, 0.6) is 11.5 Å². The first-order valence-corrected chi connectivity index (χ1v) is 14.3. The van der Waals surface area contributed by atoms with Gasteiger partial charge in [-0.2, -0.15) is 0 Å². The summed E-state index contributed by atoms with van der Waals surface area (Å²) in [6, 6.07) is 9.80. The van der Waals surface area contributed by atoms with E-state index in [4.69, 9.17) is 23.6 Å². The zero-order valence-electron chi connectivity index (χ0n) is 26.0. The molecule has 0 atom stereocenters. The van der Waals surface area contributed by atoms with Crippen LogP contribution in [0.15, 0.2) is 54.8 Å². The van der Waals surface area contributed by atoms with Crippen LogP contribution in [0, 0.1) is 13.8 Å². The fourth-order valence-electron chi connectivity index (χ4n) is 3.89. The van der Waals surface area contributed by atoms with E-state index >= 15 is 0 Å². The summed E-state index contributed by atoms with van der Waals surface area (Å²) in [5.74, 6) is 2.25. The second kappa shape index (κ2) is 23.3. The molecule has 0 saturated carbocycles. The van der Waals surface area contributed by atoms with Crippen molar-refractivity contribution in [3.8, 4) is 11.5 Å². The van der Waals surface area contributed by atoms with Crippen LogP contribution < -0.4 is 124 Å². The number of aromatic hydroxyl groups is 1. The number of aryl methyl sites for hydroxylation is 4. The van der Waals surface area contributed by atoms with Gasteiger partial charge in [0.2, 0.25) is 0 Å². The molecule has 9 nitrogen and oxygen atoms in total. The zero-order chi connectivity index (χ0) is 29.5. The van der Waals surface area contributed by atoms with E-state index in [0.29, 0.717) is 33.4 Å². The molecule has 1 N–H and O–H groups in total. The predicted molar refractivity (Wildman–Crippen MR) is 159 cm³/mol. The van der Waals surface area contributed by atoms with E-state index in [-0.39, 0.29) is 127 Å². The van der Waals surface area contributed by atoms with Crippen molar-refractivity contribution in [1.82, 2.24) is 0 Å². The third kappa shape index (κ3) is 13.6. The Kier molecular flexibility index (Phi) is 24.4. The maximum Gasteiger partial charge on any atom is 1.00 e. The first-order chi connectivity index (χ1) is 18.7. The Hall–Kier alpha value is -0.107. The molecule has 0 amide bonds. The summed E-state index contributed by atoms with van der Waals surface area (Å²) in [6.45, 7) is 7.58. The van der Waals surface area contributed by atoms with Crippen molar-refractivity contribution in [3.05, 3.63) is 79.5 Å². The summed E-state index contributed by atoms with van der Waals surface area (Å²) in [5, 5.41) is 19.1. The molecular weight excluding hydrogens is 697 g/mol. The second-order valence-corrected chi connectivity index (χ2v) is 8.30. The minimum atomic E-state index is -0.181. The predicted octanol–water partition coefficient (Wildman–Crippen LogP) is -0.572. The first kappa shape index (κ1) is 43.0. The molecule has 0 aliphatic heterocycles. The Morgan fingerprint density at radius 3 is 1.66 bits per heavy atom. The van der Waals surface area contributed by atoms with Gasteiger partial charge in [0.25, 0.3) is 6.47 Å². The molecule has 4 rings (SSSR count). The Bertz CT molecular complexity index is 1490. The van der Waals surface area contributed by atoms with Gasteiger partial charge >= 0.3 is 103 Å². The Morgan fingerprint density at radius 1 is 0.854 bits per heavy atom. The molecule has 0 aliphatic carbocycles. The minimum Gasteiger partial charge on any atom is -1.00 e. The summed E-state index contributed by atoms with van der Waals surface area (Å²) >= 11 is 2.15. The number of fused-ring (bicyclic) bond motifs is 2. The average molecular weight is 733 g/mol. The summed E-state index contributed by atoms with van der Waals surface area (Å²) in [7, 11) is 1.61. The van der Waals surface area contributed by atoms with Crippen molar-refractivity contribution in [2.75, 3.05) is 12.0 Å². The fraction of sp³-hybridized carbons (Fsp3) is 0.345. The SMILES string of the molecule is CCCc1cc(=O)c2c(C)cc(O)cc2o1.CCCc1cc(=O)c2c(C)cc(OC)cc2o1.CI.O=CO[O-].[H-].[K+].[K+]. The van der Waals surface area contributed by atoms with Crippen LogP contribution in [-0.2, 0) is 22.5 Å². The summed E-state index contributed by atoms with van der Waals surface area (Å²) in [4.78, 5) is 37.1. The molecule has 2 aromatic carbocycles. The van der Waals surface area contributed by atoms with Gasteiger partial charge in [-0.25, -0.2) is 0 Å². The minimum absolute atomic E-state index is 0. The Labute approximate surface area is 339 Å². The van der Waals surface area contributed by atoms with Crippen LogP contribution in [0.3, 0.4) is 0 Å². The first-order valence-electron chi connectivity index (χ1n) is 12.2. The number of rotatable bonds is 6. The second-order valence-electron chi connectivity index (χ2n) is 8.30. The van der Waals surface area contributed by atoms with E-state index in [1.807, 2.05) is 24.8 Å².